The molecule has 0 saturated heterocycles. The van der Waals surface area contributed by atoms with Gasteiger partial charge in [-0.3, -0.25) is 14.4 Å². The zero-order valence-corrected chi connectivity index (χ0v) is 50.1. The maximum atomic E-state index is 12.9. The number of hydrogen-bond acceptors (Lipinski definition) is 6. The van der Waals surface area contributed by atoms with Crippen molar-refractivity contribution in [2.75, 3.05) is 13.2 Å². The van der Waals surface area contributed by atoms with E-state index in [1.165, 1.54) is 263 Å². The Balaban J connectivity index is 4.19. The molecule has 1 atom stereocenters. The monoisotopic (exact) mass is 1040 g/mol. The number of allylic oxidation sites excluding steroid dienone is 4. The number of ether oxygens (including phenoxy) is 3. The molecule has 436 valence electrons. The maximum absolute atomic E-state index is 12.9. The average molecular weight is 1040 g/mol. The van der Waals surface area contributed by atoms with Crippen LogP contribution in [-0.2, 0) is 28.6 Å². The molecule has 0 spiro atoms. The highest BCUT2D eigenvalue weighted by Crippen LogP contribution is 2.18. The lowest BCUT2D eigenvalue weighted by Crippen LogP contribution is -2.30. The molecule has 74 heavy (non-hydrogen) atoms. The molecular formula is C68H128O6. The van der Waals surface area contributed by atoms with E-state index in [1.54, 1.807) is 0 Å². The Morgan fingerprint density at radius 1 is 0.270 bits per heavy atom. The lowest BCUT2D eigenvalue weighted by atomic mass is 10.0. The van der Waals surface area contributed by atoms with Crippen molar-refractivity contribution in [3.05, 3.63) is 24.3 Å². The zero-order valence-electron chi connectivity index (χ0n) is 50.1. The van der Waals surface area contributed by atoms with Gasteiger partial charge in [0.05, 0.1) is 0 Å². The quantitative estimate of drug-likeness (QED) is 0.0261. The summed E-state index contributed by atoms with van der Waals surface area (Å²) in [6, 6.07) is 0. The fourth-order valence-corrected chi connectivity index (χ4v) is 10.2. The molecule has 0 aromatic heterocycles. The fourth-order valence-electron chi connectivity index (χ4n) is 10.2. The second-order valence-corrected chi connectivity index (χ2v) is 22.7. The number of carbonyl (C=O) groups excluding carboxylic acids is 3. The van der Waals surface area contributed by atoms with Crippen molar-refractivity contribution in [3.63, 3.8) is 0 Å². The third-order valence-corrected chi connectivity index (χ3v) is 15.2. The molecule has 0 N–H and O–H groups in total. The molecule has 0 aliphatic rings. The Kier molecular flexibility index (Phi) is 61.6. The van der Waals surface area contributed by atoms with Crippen LogP contribution in [0, 0.1) is 0 Å². The standard InChI is InChI=1S/C68H128O6/c1-4-7-10-13-16-19-22-25-27-29-31-32-33-34-35-36-37-38-40-41-43-46-49-52-55-58-61-67(70)73-64-65(63-72-66(69)60-57-54-51-48-45-24-21-18-15-12-9-6-3)74-68(71)62-59-56-53-50-47-44-42-39-30-28-26-23-20-17-14-11-8-5-2/h20,23,28,30,65H,4-19,21-22,24-27,29,31-64H2,1-3H3/b23-20-,30-28-. The normalized spacial score (nSPS) is 12.1. The third-order valence-electron chi connectivity index (χ3n) is 15.2. The Morgan fingerprint density at radius 3 is 0.757 bits per heavy atom. The van der Waals surface area contributed by atoms with E-state index >= 15 is 0 Å². The topological polar surface area (TPSA) is 78.9 Å². The summed E-state index contributed by atoms with van der Waals surface area (Å²) in [6.45, 7) is 6.68. The van der Waals surface area contributed by atoms with Gasteiger partial charge < -0.3 is 14.2 Å². The smallest absolute Gasteiger partial charge is 0.306 e. The van der Waals surface area contributed by atoms with Crippen LogP contribution in [-0.4, -0.2) is 37.2 Å². The minimum atomic E-state index is -0.771. The molecule has 0 heterocycles. The van der Waals surface area contributed by atoms with Crippen molar-refractivity contribution in [1.82, 2.24) is 0 Å². The van der Waals surface area contributed by atoms with E-state index in [0.29, 0.717) is 19.3 Å². The minimum Gasteiger partial charge on any atom is -0.462 e. The molecule has 0 aliphatic carbocycles. The number of hydrogen-bond donors (Lipinski definition) is 0. The lowest BCUT2D eigenvalue weighted by molar-refractivity contribution is -0.167. The van der Waals surface area contributed by atoms with Gasteiger partial charge in [-0.2, -0.15) is 0 Å². The van der Waals surface area contributed by atoms with Crippen molar-refractivity contribution in [2.24, 2.45) is 0 Å². The van der Waals surface area contributed by atoms with Gasteiger partial charge in [0.15, 0.2) is 6.10 Å². The molecular weight excluding hydrogens is 913 g/mol. The number of carbonyl (C=O) groups is 3. The molecule has 0 fully saturated rings. The van der Waals surface area contributed by atoms with E-state index in [-0.39, 0.29) is 31.1 Å². The highest BCUT2D eigenvalue weighted by molar-refractivity contribution is 5.71. The first-order valence-corrected chi connectivity index (χ1v) is 33.3. The van der Waals surface area contributed by atoms with Crippen LogP contribution in [0.25, 0.3) is 0 Å². The molecule has 0 radical (unpaired) electrons. The molecule has 0 aromatic rings. The van der Waals surface area contributed by atoms with E-state index in [0.717, 1.165) is 70.6 Å². The summed E-state index contributed by atoms with van der Waals surface area (Å²) in [7, 11) is 0. The van der Waals surface area contributed by atoms with Crippen molar-refractivity contribution in [1.29, 1.82) is 0 Å². The van der Waals surface area contributed by atoms with Crippen LogP contribution in [0.15, 0.2) is 24.3 Å². The Morgan fingerprint density at radius 2 is 0.486 bits per heavy atom. The van der Waals surface area contributed by atoms with Crippen molar-refractivity contribution < 1.29 is 28.6 Å². The molecule has 0 amide bonds. The van der Waals surface area contributed by atoms with Gasteiger partial charge in [-0.05, 0) is 51.4 Å². The van der Waals surface area contributed by atoms with Crippen LogP contribution >= 0.6 is 0 Å². The zero-order chi connectivity index (χ0) is 53.6. The summed E-state index contributed by atoms with van der Waals surface area (Å²) >= 11 is 0. The predicted octanol–water partition coefficient (Wildman–Crippen LogP) is 22.6. The molecule has 0 saturated carbocycles. The largest absolute Gasteiger partial charge is 0.462 e. The first kappa shape index (κ1) is 71.9. The predicted molar refractivity (Wildman–Crippen MR) is 321 cm³/mol. The van der Waals surface area contributed by atoms with E-state index < -0.39 is 6.10 Å². The molecule has 0 rings (SSSR count). The Labute approximate surface area is 462 Å². The van der Waals surface area contributed by atoms with Crippen molar-refractivity contribution in [3.8, 4) is 0 Å². The van der Waals surface area contributed by atoms with Gasteiger partial charge in [-0.15, -0.1) is 0 Å². The summed E-state index contributed by atoms with van der Waals surface area (Å²) in [5.41, 5.74) is 0. The highest BCUT2D eigenvalue weighted by atomic mass is 16.6. The van der Waals surface area contributed by atoms with Gasteiger partial charge in [-0.1, -0.05) is 328 Å². The average Bonchev–Trinajstić information content (AvgIpc) is 3.40. The van der Waals surface area contributed by atoms with Gasteiger partial charge >= 0.3 is 17.9 Å². The molecule has 6 heteroatoms. The number of esters is 3. The number of unbranched alkanes of at least 4 members (excludes halogenated alkanes) is 47. The van der Waals surface area contributed by atoms with Gasteiger partial charge in [-0.25, -0.2) is 0 Å². The van der Waals surface area contributed by atoms with Gasteiger partial charge in [0, 0.05) is 19.3 Å². The lowest BCUT2D eigenvalue weighted by Gasteiger charge is -2.18. The van der Waals surface area contributed by atoms with E-state index in [2.05, 4.69) is 45.1 Å². The van der Waals surface area contributed by atoms with Crippen LogP contribution in [0.2, 0.25) is 0 Å². The molecule has 0 bridgehead atoms. The Bertz CT molecular complexity index is 1190. The Hall–Kier alpha value is -2.11. The fraction of sp³-hybridized carbons (Fsp3) is 0.897. The molecule has 6 nitrogen and oxygen atoms in total. The highest BCUT2D eigenvalue weighted by Gasteiger charge is 2.19. The van der Waals surface area contributed by atoms with Crippen molar-refractivity contribution in [2.45, 2.75) is 380 Å². The summed E-state index contributed by atoms with van der Waals surface area (Å²) in [6.07, 6.45) is 76.3. The minimum absolute atomic E-state index is 0.0685. The van der Waals surface area contributed by atoms with Crippen molar-refractivity contribution >= 4 is 17.9 Å². The second kappa shape index (κ2) is 63.4. The van der Waals surface area contributed by atoms with Crippen LogP contribution in [0.4, 0.5) is 0 Å². The van der Waals surface area contributed by atoms with Gasteiger partial charge in [0.1, 0.15) is 13.2 Å². The number of rotatable bonds is 62. The third kappa shape index (κ3) is 60.8. The van der Waals surface area contributed by atoms with E-state index in [4.69, 9.17) is 14.2 Å². The summed E-state index contributed by atoms with van der Waals surface area (Å²) in [5.74, 6) is -0.849. The van der Waals surface area contributed by atoms with Gasteiger partial charge in [0.2, 0.25) is 0 Å². The SMILES string of the molecule is CCCCCC/C=C\C/C=C\CCCCCCCCCC(=O)OC(COC(=O)CCCCCCCCCCCCCC)COC(=O)CCCCCCCCCCCCCCCCCCCCCCCCCCCC. The summed E-state index contributed by atoms with van der Waals surface area (Å²) in [4.78, 5) is 38.3. The second-order valence-electron chi connectivity index (χ2n) is 22.7. The van der Waals surface area contributed by atoms with Crippen LogP contribution in [0.5, 0.6) is 0 Å². The van der Waals surface area contributed by atoms with Crippen LogP contribution in [0.1, 0.15) is 374 Å². The first-order valence-electron chi connectivity index (χ1n) is 33.3. The van der Waals surface area contributed by atoms with Gasteiger partial charge in [0.25, 0.3) is 0 Å². The molecule has 0 aliphatic heterocycles. The first-order chi connectivity index (χ1) is 36.5. The van der Waals surface area contributed by atoms with Crippen LogP contribution in [0.3, 0.4) is 0 Å². The maximum Gasteiger partial charge on any atom is 0.306 e. The summed E-state index contributed by atoms with van der Waals surface area (Å²) in [5, 5.41) is 0. The molecule has 1 unspecified atom stereocenters. The summed E-state index contributed by atoms with van der Waals surface area (Å²) < 4.78 is 16.9. The van der Waals surface area contributed by atoms with E-state index in [1.807, 2.05) is 0 Å². The van der Waals surface area contributed by atoms with Crippen LogP contribution < -0.4 is 0 Å². The van der Waals surface area contributed by atoms with E-state index in [9.17, 15) is 14.4 Å². The molecule has 0 aromatic carbocycles.